The summed E-state index contributed by atoms with van der Waals surface area (Å²) in [6.45, 7) is 6.17. The fourth-order valence-electron chi connectivity index (χ4n) is 2.46. The van der Waals surface area contributed by atoms with Crippen LogP contribution in [-0.2, 0) is 11.3 Å². The van der Waals surface area contributed by atoms with Crippen molar-refractivity contribution in [1.29, 1.82) is 0 Å². The van der Waals surface area contributed by atoms with Gasteiger partial charge >= 0.3 is 0 Å². The maximum atomic E-state index is 5.86. The number of ether oxygens (including phenoxy) is 2. The van der Waals surface area contributed by atoms with E-state index >= 15 is 0 Å². The third-order valence-corrected chi connectivity index (χ3v) is 3.43. The smallest absolute Gasteiger partial charge is 0.212 e. The van der Waals surface area contributed by atoms with E-state index < -0.39 is 0 Å². The Bertz CT molecular complexity index is 367. The van der Waals surface area contributed by atoms with Crippen LogP contribution in [0.15, 0.2) is 18.3 Å². The number of hydrogen-bond donors (Lipinski definition) is 0. The predicted molar refractivity (Wildman–Crippen MR) is 75.3 cm³/mol. The molecule has 4 nitrogen and oxygen atoms in total. The number of aromatic nitrogens is 1. The highest BCUT2D eigenvalue weighted by Gasteiger charge is 2.20. The summed E-state index contributed by atoms with van der Waals surface area (Å²) in [5.41, 5.74) is 1.23. The molecule has 2 heterocycles. The number of pyridine rings is 1. The van der Waals surface area contributed by atoms with E-state index in [0.29, 0.717) is 12.0 Å². The fourth-order valence-corrected chi connectivity index (χ4v) is 2.46. The van der Waals surface area contributed by atoms with Gasteiger partial charge in [0.15, 0.2) is 0 Å². The Morgan fingerprint density at radius 2 is 2.32 bits per heavy atom. The van der Waals surface area contributed by atoms with E-state index in [1.807, 2.05) is 12.3 Å². The standard InChI is InChI=1S/C15H24N2O2/c1-3-9-19-14-5-4-8-17(12-14)11-13-6-7-15(18-2)16-10-13/h6-7,10,14H,3-5,8-9,11-12H2,1-2H3/t14-/m0/s1. The van der Waals surface area contributed by atoms with Crippen LogP contribution in [0.5, 0.6) is 5.88 Å². The molecule has 4 heteroatoms. The van der Waals surface area contributed by atoms with Gasteiger partial charge in [-0.15, -0.1) is 0 Å². The molecule has 0 bridgehead atoms. The Morgan fingerprint density at radius 3 is 3.00 bits per heavy atom. The third kappa shape index (κ3) is 4.48. The van der Waals surface area contributed by atoms with Gasteiger partial charge in [-0.05, 0) is 31.4 Å². The van der Waals surface area contributed by atoms with Crippen LogP contribution in [0, 0.1) is 0 Å². The summed E-state index contributed by atoms with van der Waals surface area (Å²) in [5, 5.41) is 0. The number of piperidine rings is 1. The van der Waals surface area contributed by atoms with Gasteiger partial charge in [0.05, 0.1) is 13.2 Å². The van der Waals surface area contributed by atoms with Gasteiger partial charge < -0.3 is 9.47 Å². The van der Waals surface area contributed by atoms with Gasteiger partial charge in [0, 0.05) is 32.0 Å². The van der Waals surface area contributed by atoms with Crippen LogP contribution in [0.2, 0.25) is 0 Å². The molecule has 1 aliphatic heterocycles. The second-order valence-electron chi connectivity index (χ2n) is 5.08. The largest absolute Gasteiger partial charge is 0.481 e. The molecule has 1 fully saturated rings. The second-order valence-corrected chi connectivity index (χ2v) is 5.08. The van der Waals surface area contributed by atoms with E-state index in [1.54, 1.807) is 7.11 Å². The van der Waals surface area contributed by atoms with E-state index in [9.17, 15) is 0 Å². The van der Waals surface area contributed by atoms with Crippen LogP contribution < -0.4 is 4.74 Å². The summed E-state index contributed by atoms with van der Waals surface area (Å²) < 4.78 is 10.9. The molecule has 0 N–H and O–H groups in total. The van der Waals surface area contributed by atoms with Crippen LogP contribution in [0.1, 0.15) is 31.7 Å². The summed E-state index contributed by atoms with van der Waals surface area (Å²) in [5.74, 6) is 0.673. The Hall–Kier alpha value is -1.13. The van der Waals surface area contributed by atoms with Gasteiger partial charge in [-0.2, -0.15) is 0 Å². The van der Waals surface area contributed by atoms with Gasteiger partial charge in [0.25, 0.3) is 0 Å². The number of nitrogens with zero attached hydrogens (tertiary/aromatic N) is 2. The lowest BCUT2D eigenvalue weighted by Gasteiger charge is -2.32. The van der Waals surface area contributed by atoms with Crippen molar-refractivity contribution in [2.24, 2.45) is 0 Å². The molecule has 0 unspecified atom stereocenters. The fraction of sp³-hybridized carbons (Fsp3) is 0.667. The molecule has 0 aliphatic carbocycles. The molecule has 106 valence electrons. The summed E-state index contributed by atoms with van der Waals surface area (Å²) in [7, 11) is 1.64. The molecular formula is C15H24N2O2. The molecule has 0 amide bonds. The monoisotopic (exact) mass is 264 g/mol. The molecule has 1 saturated heterocycles. The third-order valence-electron chi connectivity index (χ3n) is 3.43. The van der Waals surface area contributed by atoms with Gasteiger partial charge in [-0.3, -0.25) is 4.90 Å². The van der Waals surface area contributed by atoms with Crippen LogP contribution in [0.4, 0.5) is 0 Å². The van der Waals surface area contributed by atoms with Crippen molar-refractivity contribution in [2.75, 3.05) is 26.8 Å². The van der Waals surface area contributed by atoms with Gasteiger partial charge in [0.1, 0.15) is 0 Å². The van der Waals surface area contributed by atoms with Crippen LogP contribution in [0.25, 0.3) is 0 Å². The minimum atomic E-state index is 0.403. The van der Waals surface area contributed by atoms with Crippen molar-refractivity contribution in [3.8, 4) is 5.88 Å². The lowest BCUT2D eigenvalue weighted by molar-refractivity contribution is -0.00225. The maximum Gasteiger partial charge on any atom is 0.212 e. The number of methoxy groups -OCH3 is 1. The van der Waals surface area contributed by atoms with Crippen molar-refractivity contribution in [2.45, 2.75) is 38.8 Å². The highest BCUT2D eigenvalue weighted by molar-refractivity contribution is 5.17. The molecule has 1 aliphatic rings. The van der Waals surface area contributed by atoms with Crippen molar-refractivity contribution in [3.63, 3.8) is 0 Å². The van der Waals surface area contributed by atoms with Crippen molar-refractivity contribution < 1.29 is 9.47 Å². The maximum absolute atomic E-state index is 5.86. The van der Waals surface area contributed by atoms with Crippen LogP contribution in [-0.4, -0.2) is 42.8 Å². The summed E-state index contributed by atoms with van der Waals surface area (Å²) in [6, 6.07) is 4.01. The average Bonchev–Trinajstić information content (AvgIpc) is 2.46. The summed E-state index contributed by atoms with van der Waals surface area (Å²) in [4.78, 5) is 6.70. The van der Waals surface area contributed by atoms with Gasteiger partial charge in [0.2, 0.25) is 5.88 Å². The molecule has 1 aromatic heterocycles. The van der Waals surface area contributed by atoms with E-state index in [2.05, 4.69) is 22.9 Å². The predicted octanol–water partition coefficient (Wildman–Crippen LogP) is 2.48. The first kappa shape index (κ1) is 14.3. The molecule has 0 saturated carbocycles. The summed E-state index contributed by atoms with van der Waals surface area (Å²) in [6.07, 6.45) is 5.81. The molecule has 1 atom stereocenters. The lowest BCUT2D eigenvalue weighted by atomic mass is 10.1. The lowest BCUT2D eigenvalue weighted by Crippen LogP contribution is -2.39. The number of rotatable bonds is 6. The van der Waals surface area contributed by atoms with Gasteiger partial charge in [-0.1, -0.05) is 13.0 Å². The molecule has 19 heavy (non-hydrogen) atoms. The topological polar surface area (TPSA) is 34.6 Å². The van der Waals surface area contributed by atoms with Crippen molar-refractivity contribution in [1.82, 2.24) is 9.88 Å². The highest BCUT2D eigenvalue weighted by Crippen LogP contribution is 2.16. The Morgan fingerprint density at radius 1 is 1.42 bits per heavy atom. The van der Waals surface area contributed by atoms with E-state index in [-0.39, 0.29) is 0 Å². The number of hydrogen-bond acceptors (Lipinski definition) is 4. The molecule has 0 spiro atoms. The Kier molecular flexibility index (Phi) is 5.61. The van der Waals surface area contributed by atoms with Crippen LogP contribution in [0.3, 0.4) is 0 Å². The SMILES string of the molecule is CCCO[C@H]1CCCN(Cc2ccc(OC)nc2)C1. The molecule has 0 radical (unpaired) electrons. The zero-order valence-electron chi connectivity index (χ0n) is 12.0. The zero-order chi connectivity index (χ0) is 13.5. The first-order valence-electron chi connectivity index (χ1n) is 7.14. The van der Waals surface area contributed by atoms with Crippen molar-refractivity contribution >= 4 is 0 Å². The number of likely N-dealkylation sites (tertiary alicyclic amines) is 1. The molecule has 2 rings (SSSR count). The normalized spacial score (nSPS) is 20.4. The first-order chi connectivity index (χ1) is 9.31. The highest BCUT2D eigenvalue weighted by atomic mass is 16.5. The van der Waals surface area contributed by atoms with Crippen molar-refractivity contribution in [3.05, 3.63) is 23.9 Å². The molecule has 0 aromatic carbocycles. The van der Waals surface area contributed by atoms with E-state index in [0.717, 1.165) is 32.7 Å². The van der Waals surface area contributed by atoms with E-state index in [1.165, 1.54) is 18.4 Å². The second kappa shape index (κ2) is 7.46. The minimum absolute atomic E-state index is 0.403. The minimum Gasteiger partial charge on any atom is -0.481 e. The Balaban J connectivity index is 1.83. The molecule has 1 aromatic rings. The Labute approximate surface area is 115 Å². The first-order valence-corrected chi connectivity index (χ1v) is 7.14. The quantitative estimate of drug-likeness (QED) is 0.790. The molecular weight excluding hydrogens is 240 g/mol. The van der Waals surface area contributed by atoms with E-state index in [4.69, 9.17) is 9.47 Å². The summed E-state index contributed by atoms with van der Waals surface area (Å²) >= 11 is 0. The van der Waals surface area contributed by atoms with Crippen LogP contribution >= 0.6 is 0 Å². The average molecular weight is 264 g/mol. The van der Waals surface area contributed by atoms with Gasteiger partial charge in [-0.25, -0.2) is 4.98 Å². The zero-order valence-corrected chi connectivity index (χ0v) is 12.0.